The second-order valence-corrected chi connectivity index (χ2v) is 8.48. The second-order valence-electron chi connectivity index (χ2n) is 6.71. The van der Waals surface area contributed by atoms with Gasteiger partial charge in [-0.15, -0.1) is 10.2 Å². The number of rotatable bonds is 7. The van der Waals surface area contributed by atoms with Crippen molar-refractivity contribution in [2.75, 3.05) is 27.2 Å². The first-order chi connectivity index (χ1) is 13.3. The monoisotopic (exact) mass is 463 g/mol. The van der Waals surface area contributed by atoms with Crippen LogP contribution in [0, 0.1) is 13.8 Å². The minimum Gasteiger partial charge on any atom is -0.463 e. The number of carbonyl (C=O) groups is 1. The predicted molar refractivity (Wildman–Crippen MR) is 113 cm³/mol. The molecule has 3 rings (SSSR count). The fourth-order valence-electron chi connectivity index (χ4n) is 2.60. The normalized spacial score (nSPS) is 11.2. The molecule has 7 nitrogen and oxygen atoms in total. The fourth-order valence-corrected chi connectivity index (χ4v) is 4.10. The molecule has 0 N–H and O–H groups in total. The van der Waals surface area contributed by atoms with Crippen molar-refractivity contribution < 1.29 is 9.53 Å². The lowest BCUT2D eigenvalue weighted by molar-refractivity contribution is -0.144. The Morgan fingerprint density at radius 1 is 1.25 bits per heavy atom. The van der Waals surface area contributed by atoms with Gasteiger partial charge >= 0.3 is 5.97 Å². The molecule has 0 unspecified atom stereocenters. The molecule has 0 atom stereocenters. The third-order valence-corrected chi connectivity index (χ3v) is 5.96. The Balaban J connectivity index is 1.84. The zero-order valence-electron chi connectivity index (χ0n) is 16.3. The molecule has 2 heterocycles. The number of carbonyl (C=O) groups excluding carboxylic acids is 1. The molecule has 9 heteroatoms. The van der Waals surface area contributed by atoms with Gasteiger partial charge < -0.3 is 9.64 Å². The highest BCUT2D eigenvalue weighted by atomic mass is 79.9. The number of hydrogen-bond acceptors (Lipinski definition) is 7. The Morgan fingerprint density at radius 3 is 2.71 bits per heavy atom. The minimum absolute atomic E-state index is 0.0224. The highest BCUT2D eigenvalue weighted by molar-refractivity contribution is 9.10. The summed E-state index contributed by atoms with van der Waals surface area (Å²) in [7, 11) is 3.86. The molecular weight excluding hydrogens is 442 g/mol. The zero-order chi connectivity index (χ0) is 20.3. The summed E-state index contributed by atoms with van der Waals surface area (Å²) in [5, 5.41) is 14.7. The van der Waals surface area contributed by atoms with Gasteiger partial charge in [-0.05, 0) is 49.9 Å². The molecule has 2 aromatic heterocycles. The van der Waals surface area contributed by atoms with E-state index in [-0.39, 0.29) is 12.5 Å². The van der Waals surface area contributed by atoms with Crippen molar-refractivity contribution in [1.82, 2.24) is 24.9 Å². The average molecular weight is 464 g/mol. The van der Waals surface area contributed by atoms with Crippen molar-refractivity contribution in [3.63, 3.8) is 0 Å². The van der Waals surface area contributed by atoms with Gasteiger partial charge in [-0.3, -0.25) is 4.79 Å². The number of hydrogen-bond donors (Lipinski definition) is 0. The molecule has 0 spiro atoms. The number of likely N-dealkylation sites (N-methyl/N-ethyl adjacent to an activating group) is 1. The van der Waals surface area contributed by atoms with Crippen molar-refractivity contribution in [2.24, 2.45) is 0 Å². The summed E-state index contributed by atoms with van der Waals surface area (Å²) in [5.74, 6) is -0.332. The van der Waals surface area contributed by atoms with Crippen LogP contribution in [-0.2, 0) is 16.1 Å². The van der Waals surface area contributed by atoms with Crippen LogP contribution in [0.5, 0.6) is 0 Å². The Hall–Kier alpha value is -2.10. The number of aryl methyl sites for hydroxylation is 2. The molecule has 0 amide bonds. The van der Waals surface area contributed by atoms with Crippen molar-refractivity contribution in [1.29, 1.82) is 0 Å². The number of nitrogens with zero attached hydrogens (tertiary/aromatic N) is 5. The summed E-state index contributed by atoms with van der Waals surface area (Å²) in [5.41, 5.74) is 3.70. The van der Waals surface area contributed by atoms with Gasteiger partial charge in [0, 0.05) is 12.1 Å². The molecule has 148 valence electrons. The standard InChI is InChI=1S/C19H22BrN5O2S/c1-12-6-5-7-14(10-12)18-21-22-19(28-18)17-16(20)13(2)23-25(17)11-15(26)27-9-8-24(3)4/h5-7,10H,8-9,11H2,1-4H3. The molecule has 3 aromatic rings. The van der Waals surface area contributed by atoms with E-state index < -0.39 is 0 Å². The smallest absolute Gasteiger partial charge is 0.327 e. The quantitative estimate of drug-likeness (QED) is 0.498. The van der Waals surface area contributed by atoms with Crippen LogP contribution in [0.4, 0.5) is 0 Å². The van der Waals surface area contributed by atoms with Gasteiger partial charge in [-0.2, -0.15) is 5.10 Å². The SMILES string of the molecule is Cc1cccc(-c2nnc(-c3c(Br)c(C)nn3CC(=O)OCCN(C)C)s2)c1. The van der Waals surface area contributed by atoms with Crippen LogP contribution in [0.1, 0.15) is 11.3 Å². The Morgan fingerprint density at radius 2 is 2.00 bits per heavy atom. The van der Waals surface area contributed by atoms with E-state index in [1.54, 1.807) is 4.68 Å². The summed E-state index contributed by atoms with van der Waals surface area (Å²) >= 11 is 5.04. The first-order valence-corrected chi connectivity index (χ1v) is 10.4. The molecule has 0 aliphatic carbocycles. The van der Waals surface area contributed by atoms with Gasteiger partial charge in [-0.25, -0.2) is 4.68 Å². The maximum Gasteiger partial charge on any atom is 0.327 e. The van der Waals surface area contributed by atoms with Crippen molar-refractivity contribution in [2.45, 2.75) is 20.4 Å². The van der Waals surface area contributed by atoms with E-state index >= 15 is 0 Å². The van der Waals surface area contributed by atoms with E-state index in [2.05, 4.69) is 37.3 Å². The molecule has 0 bridgehead atoms. The Bertz CT molecular complexity index is 983. The molecular formula is C19H22BrN5O2S. The van der Waals surface area contributed by atoms with Gasteiger partial charge in [0.25, 0.3) is 0 Å². The fraction of sp³-hybridized carbons (Fsp3) is 0.368. The van der Waals surface area contributed by atoms with Gasteiger partial charge in [0.05, 0.1) is 10.2 Å². The highest BCUT2D eigenvalue weighted by Gasteiger charge is 2.21. The number of aromatic nitrogens is 4. The first-order valence-electron chi connectivity index (χ1n) is 8.79. The highest BCUT2D eigenvalue weighted by Crippen LogP contribution is 2.35. The van der Waals surface area contributed by atoms with E-state index in [0.717, 1.165) is 32.0 Å². The Kier molecular flexibility index (Phi) is 6.58. The number of esters is 1. The summed E-state index contributed by atoms with van der Waals surface area (Å²) < 4.78 is 7.72. The topological polar surface area (TPSA) is 73.1 Å². The minimum atomic E-state index is -0.332. The summed E-state index contributed by atoms with van der Waals surface area (Å²) in [4.78, 5) is 14.2. The van der Waals surface area contributed by atoms with E-state index in [1.165, 1.54) is 11.3 Å². The summed E-state index contributed by atoms with van der Waals surface area (Å²) in [6, 6.07) is 8.13. The van der Waals surface area contributed by atoms with Gasteiger partial charge in [-0.1, -0.05) is 35.1 Å². The van der Waals surface area contributed by atoms with Gasteiger partial charge in [0.15, 0.2) is 5.01 Å². The van der Waals surface area contributed by atoms with Crippen LogP contribution in [0.2, 0.25) is 0 Å². The molecule has 0 radical (unpaired) electrons. The number of halogens is 1. The lowest BCUT2D eigenvalue weighted by Gasteiger charge is -2.10. The van der Waals surface area contributed by atoms with Crippen LogP contribution < -0.4 is 0 Å². The maximum atomic E-state index is 12.2. The maximum absolute atomic E-state index is 12.2. The lowest BCUT2D eigenvalue weighted by atomic mass is 10.1. The van der Waals surface area contributed by atoms with Crippen molar-refractivity contribution >= 4 is 33.2 Å². The third kappa shape index (κ3) is 4.84. The molecule has 0 aliphatic heterocycles. The molecule has 1 aromatic carbocycles. The largest absolute Gasteiger partial charge is 0.463 e. The van der Waals surface area contributed by atoms with Crippen LogP contribution in [-0.4, -0.2) is 58.1 Å². The van der Waals surface area contributed by atoms with E-state index in [1.807, 2.05) is 51.0 Å². The van der Waals surface area contributed by atoms with Crippen LogP contribution in [0.25, 0.3) is 21.3 Å². The summed E-state index contributed by atoms with van der Waals surface area (Å²) in [6.07, 6.45) is 0. The third-order valence-electron chi connectivity index (χ3n) is 4.03. The van der Waals surface area contributed by atoms with Gasteiger partial charge in [0.2, 0.25) is 0 Å². The van der Waals surface area contributed by atoms with Crippen molar-refractivity contribution in [3.05, 3.63) is 40.0 Å². The predicted octanol–water partition coefficient (Wildman–Crippen LogP) is 3.55. The molecule has 0 saturated carbocycles. The lowest BCUT2D eigenvalue weighted by Crippen LogP contribution is -2.22. The molecule has 0 aliphatic rings. The van der Waals surface area contributed by atoms with Crippen LogP contribution >= 0.6 is 27.3 Å². The van der Waals surface area contributed by atoms with Gasteiger partial charge in [0.1, 0.15) is 23.9 Å². The second kappa shape index (κ2) is 8.93. The van der Waals surface area contributed by atoms with E-state index in [4.69, 9.17) is 4.74 Å². The first kappa shape index (κ1) is 20.6. The number of ether oxygens (including phenoxy) is 1. The molecule has 0 fully saturated rings. The van der Waals surface area contributed by atoms with Crippen LogP contribution in [0.15, 0.2) is 28.7 Å². The number of benzene rings is 1. The molecule has 0 saturated heterocycles. The van der Waals surface area contributed by atoms with E-state index in [9.17, 15) is 4.79 Å². The average Bonchev–Trinajstić information content (AvgIpc) is 3.20. The molecule has 28 heavy (non-hydrogen) atoms. The van der Waals surface area contributed by atoms with Crippen molar-refractivity contribution in [3.8, 4) is 21.3 Å². The Labute approximate surface area is 176 Å². The van der Waals surface area contributed by atoms with Crippen LogP contribution in [0.3, 0.4) is 0 Å². The van der Waals surface area contributed by atoms with E-state index in [0.29, 0.717) is 18.2 Å². The summed E-state index contributed by atoms with van der Waals surface area (Å²) in [6.45, 7) is 4.97. The zero-order valence-corrected chi connectivity index (χ0v) is 18.7.